The first kappa shape index (κ1) is 22.5. The molecular weight excluding hydrogens is 475 g/mol. The first-order valence-electron chi connectivity index (χ1n) is 9.72. The lowest BCUT2D eigenvalue weighted by molar-refractivity contribution is -0.384. The minimum Gasteiger partial charge on any atom is -0.378 e. The van der Waals surface area contributed by atoms with E-state index in [-0.39, 0.29) is 11.3 Å². The van der Waals surface area contributed by atoms with Gasteiger partial charge in [-0.3, -0.25) is 20.2 Å². The van der Waals surface area contributed by atoms with Gasteiger partial charge in [0.1, 0.15) is 0 Å². The molecule has 0 bridgehead atoms. The maximum absolute atomic E-state index is 13.1. The number of rotatable bonds is 6. The van der Waals surface area contributed by atoms with Gasteiger partial charge in [-0.1, -0.05) is 23.2 Å². The lowest BCUT2D eigenvalue weighted by atomic mass is 10.1. The number of hydrogen-bond donors (Lipinski definition) is 1. The molecule has 0 saturated carbocycles. The van der Waals surface area contributed by atoms with Gasteiger partial charge < -0.3 is 9.64 Å². The maximum Gasteiger partial charge on any atom is 0.270 e. The van der Waals surface area contributed by atoms with Crippen molar-refractivity contribution in [3.8, 4) is 0 Å². The second-order valence-corrected chi connectivity index (χ2v) is 9.02. The zero-order chi connectivity index (χ0) is 22.7. The van der Waals surface area contributed by atoms with E-state index in [4.69, 9.17) is 27.9 Å². The predicted octanol–water partition coefficient (Wildman–Crippen LogP) is 5.04. The second-order valence-electron chi connectivity index (χ2n) is 7.06. The van der Waals surface area contributed by atoms with Gasteiger partial charge in [0.05, 0.1) is 29.4 Å². The zero-order valence-electron chi connectivity index (χ0n) is 16.7. The van der Waals surface area contributed by atoms with E-state index in [0.29, 0.717) is 53.6 Å². The van der Waals surface area contributed by atoms with Crippen molar-refractivity contribution >= 4 is 57.0 Å². The Labute approximate surface area is 197 Å². The molecule has 32 heavy (non-hydrogen) atoms. The van der Waals surface area contributed by atoms with E-state index in [1.165, 1.54) is 23.5 Å². The van der Waals surface area contributed by atoms with Crippen LogP contribution in [0, 0.1) is 10.1 Å². The standard InChI is InChI=1S/C21H18Cl2N4O4S/c22-14-1-3-18(23)13(9-14)10-16-12-24-21(32-16)25-20(28)17-11-15(27(29)30)2-4-19(17)26-5-7-31-8-6-26/h1-4,9,11-12H,5-8,10H2,(H,24,25,28). The molecule has 1 aromatic heterocycles. The van der Waals surface area contributed by atoms with Gasteiger partial charge in [0.15, 0.2) is 5.13 Å². The van der Waals surface area contributed by atoms with Gasteiger partial charge in [-0.15, -0.1) is 11.3 Å². The molecule has 11 heteroatoms. The van der Waals surface area contributed by atoms with E-state index in [1.54, 1.807) is 30.5 Å². The van der Waals surface area contributed by atoms with Crippen molar-refractivity contribution in [1.29, 1.82) is 0 Å². The Kier molecular flexibility index (Phi) is 6.90. The molecule has 0 atom stereocenters. The molecule has 1 amide bonds. The van der Waals surface area contributed by atoms with Crippen LogP contribution in [0.3, 0.4) is 0 Å². The van der Waals surface area contributed by atoms with Gasteiger partial charge in [-0.2, -0.15) is 0 Å². The molecule has 4 rings (SSSR count). The number of anilines is 2. The molecular formula is C21H18Cl2N4O4S. The summed E-state index contributed by atoms with van der Waals surface area (Å²) < 4.78 is 5.37. The molecule has 2 aromatic carbocycles. The second kappa shape index (κ2) is 9.83. The fourth-order valence-corrected chi connectivity index (χ4v) is 4.59. The number of nitro benzene ring substituents is 1. The summed E-state index contributed by atoms with van der Waals surface area (Å²) >= 11 is 13.6. The summed E-state index contributed by atoms with van der Waals surface area (Å²) in [5, 5.41) is 15.6. The minimum atomic E-state index is -0.518. The van der Waals surface area contributed by atoms with Crippen LogP contribution < -0.4 is 10.2 Å². The summed E-state index contributed by atoms with van der Waals surface area (Å²) in [6, 6.07) is 9.54. The molecule has 1 aliphatic rings. The number of carbonyl (C=O) groups is 1. The lowest BCUT2D eigenvalue weighted by Gasteiger charge is -2.30. The Balaban J connectivity index is 1.55. The number of thiazole rings is 1. The van der Waals surface area contributed by atoms with Crippen molar-refractivity contribution in [3.05, 3.63) is 78.8 Å². The highest BCUT2D eigenvalue weighted by molar-refractivity contribution is 7.15. The Bertz CT molecular complexity index is 1160. The molecule has 0 spiro atoms. The highest BCUT2D eigenvalue weighted by atomic mass is 35.5. The van der Waals surface area contributed by atoms with Crippen molar-refractivity contribution in [2.45, 2.75) is 6.42 Å². The minimum absolute atomic E-state index is 0.150. The quantitative estimate of drug-likeness (QED) is 0.382. The van der Waals surface area contributed by atoms with Crippen molar-refractivity contribution < 1.29 is 14.5 Å². The number of nitrogens with one attached hydrogen (secondary N) is 1. The van der Waals surface area contributed by atoms with Crippen LogP contribution in [-0.4, -0.2) is 42.1 Å². The first-order chi connectivity index (χ1) is 15.4. The molecule has 1 saturated heterocycles. The topological polar surface area (TPSA) is 97.6 Å². The van der Waals surface area contributed by atoms with E-state index in [9.17, 15) is 14.9 Å². The van der Waals surface area contributed by atoms with Crippen molar-refractivity contribution in [1.82, 2.24) is 4.98 Å². The van der Waals surface area contributed by atoms with E-state index in [2.05, 4.69) is 10.3 Å². The number of non-ortho nitro benzene ring substituents is 1. The molecule has 1 N–H and O–H groups in total. The molecule has 0 aliphatic carbocycles. The van der Waals surface area contributed by atoms with Crippen LogP contribution in [0.15, 0.2) is 42.6 Å². The molecule has 0 unspecified atom stereocenters. The van der Waals surface area contributed by atoms with Crippen molar-refractivity contribution in [2.24, 2.45) is 0 Å². The van der Waals surface area contributed by atoms with Crippen LogP contribution in [-0.2, 0) is 11.2 Å². The SMILES string of the molecule is O=C(Nc1ncc(Cc2cc(Cl)ccc2Cl)s1)c1cc([N+](=O)[O-])ccc1N1CCOCC1. The number of aromatic nitrogens is 1. The number of nitro groups is 1. The Morgan fingerprint density at radius 1 is 1.22 bits per heavy atom. The first-order valence-corrected chi connectivity index (χ1v) is 11.3. The smallest absolute Gasteiger partial charge is 0.270 e. The Morgan fingerprint density at radius 2 is 2.00 bits per heavy atom. The van der Waals surface area contributed by atoms with E-state index >= 15 is 0 Å². The van der Waals surface area contributed by atoms with Crippen LogP contribution in [0.5, 0.6) is 0 Å². The number of benzene rings is 2. The third-order valence-corrected chi connectivity index (χ3v) is 6.45. The molecule has 1 fully saturated rings. The summed E-state index contributed by atoms with van der Waals surface area (Å²) in [5.74, 6) is -0.461. The normalized spacial score (nSPS) is 13.8. The highest BCUT2D eigenvalue weighted by Gasteiger charge is 2.23. The van der Waals surface area contributed by atoms with Gasteiger partial charge in [0.25, 0.3) is 11.6 Å². The van der Waals surface area contributed by atoms with E-state index < -0.39 is 10.8 Å². The third kappa shape index (κ3) is 5.18. The summed E-state index contributed by atoms with van der Waals surface area (Å²) in [6.45, 7) is 2.25. The van der Waals surface area contributed by atoms with E-state index in [1.807, 2.05) is 4.90 Å². The molecule has 1 aliphatic heterocycles. The zero-order valence-corrected chi connectivity index (χ0v) is 19.0. The van der Waals surface area contributed by atoms with Crippen LogP contribution in [0.2, 0.25) is 10.0 Å². The number of carbonyl (C=O) groups excluding carboxylic acids is 1. The highest BCUT2D eigenvalue weighted by Crippen LogP contribution is 2.30. The predicted molar refractivity (Wildman–Crippen MR) is 125 cm³/mol. The number of halogens is 2. The molecule has 3 aromatic rings. The largest absolute Gasteiger partial charge is 0.378 e. The maximum atomic E-state index is 13.1. The number of ether oxygens (including phenoxy) is 1. The van der Waals surface area contributed by atoms with Crippen molar-refractivity contribution in [2.75, 3.05) is 36.5 Å². The van der Waals surface area contributed by atoms with Crippen LogP contribution in [0.4, 0.5) is 16.5 Å². The van der Waals surface area contributed by atoms with Crippen LogP contribution in [0.25, 0.3) is 0 Å². The fourth-order valence-electron chi connectivity index (χ4n) is 3.38. The Hall–Kier alpha value is -2.72. The number of hydrogen-bond acceptors (Lipinski definition) is 7. The number of morpholine rings is 1. The summed E-state index contributed by atoms with van der Waals surface area (Å²) in [4.78, 5) is 30.9. The van der Waals surface area contributed by atoms with Crippen molar-refractivity contribution in [3.63, 3.8) is 0 Å². The van der Waals surface area contributed by atoms with Crippen LogP contribution >= 0.6 is 34.5 Å². The summed E-state index contributed by atoms with van der Waals surface area (Å²) in [6.07, 6.45) is 2.18. The lowest BCUT2D eigenvalue weighted by Crippen LogP contribution is -2.37. The van der Waals surface area contributed by atoms with Gasteiger partial charge in [0.2, 0.25) is 0 Å². The monoisotopic (exact) mass is 492 g/mol. The fraction of sp³-hybridized carbons (Fsp3) is 0.238. The third-order valence-electron chi connectivity index (χ3n) is 4.93. The van der Waals surface area contributed by atoms with E-state index in [0.717, 1.165) is 10.4 Å². The average molecular weight is 493 g/mol. The summed E-state index contributed by atoms with van der Waals surface area (Å²) in [7, 11) is 0. The molecule has 2 heterocycles. The number of nitrogens with zero attached hydrogens (tertiary/aromatic N) is 3. The molecule has 166 valence electrons. The Morgan fingerprint density at radius 3 is 2.75 bits per heavy atom. The average Bonchev–Trinajstić information content (AvgIpc) is 3.23. The molecule has 0 radical (unpaired) electrons. The summed E-state index contributed by atoms with van der Waals surface area (Å²) in [5.41, 5.74) is 1.55. The molecule has 8 nitrogen and oxygen atoms in total. The number of amides is 1. The van der Waals surface area contributed by atoms with Gasteiger partial charge >= 0.3 is 0 Å². The van der Waals surface area contributed by atoms with Gasteiger partial charge in [0, 0.05) is 52.8 Å². The van der Waals surface area contributed by atoms with Gasteiger partial charge in [-0.05, 0) is 29.8 Å². The van der Waals surface area contributed by atoms with Crippen LogP contribution in [0.1, 0.15) is 20.8 Å². The van der Waals surface area contributed by atoms with Gasteiger partial charge in [-0.25, -0.2) is 4.98 Å².